The van der Waals surface area contributed by atoms with Gasteiger partial charge in [-0.05, 0) is 189 Å². The largest absolute Gasteiger partial charge is 0.508 e. The van der Waals surface area contributed by atoms with Crippen molar-refractivity contribution < 1.29 is 32.2 Å². The van der Waals surface area contributed by atoms with E-state index in [9.17, 15) is 5.11 Å². The minimum Gasteiger partial charge on any atom is -0.508 e. The summed E-state index contributed by atoms with van der Waals surface area (Å²) < 4.78 is 16.6. The van der Waals surface area contributed by atoms with E-state index >= 15 is 0 Å². The number of hydrogen-bond donors (Lipinski definition) is 1. The fourth-order valence-corrected chi connectivity index (χ4v) is 2.32. The molecule has 0 aliphatic carbocycles. The summed E-state index contributed by atoms with van der Waals surface area (Å²) in [4.78, 5) is 0. The molecule has 0 saturated carbocycles. The van der Waals surface area contributed by atoms with Gasteiger partial charge in [0.05, 0.1) is 0 Å². The molecule has 0 saturated heterocycles. The molecule has 2 aromatic carbocycles. The van der Waals surface area contributed by atoms with E-state index in [-0.39, 0.29) is 31.5 Å². The second-order valence-electron chi connectivity index (χ2n) is 7.28. The van der Waals surface area contributed by atoms with Gasteiger partial charge in [-0.2, -0.15) is 0 Å². The Morgan fingerprint density at radius 2 is 0.818 bits per heavy atom. The molecule has 4 heteroatoms. The van der Waals surface area contributed by atoms with Crippen LogP contribution >= 0.6 is 0 Å². The predicted octanol–water partition coefficient (Wildman–Crippen LogP) is 6.87. The van der Waals surface area contributed by atoms with Crippen molar-refractivity contribution in [3.63, 3.8) is 0 Å². The number of phenolic OH excluding ortho intramolecular Hbond substituents is 1. The van der Waals surface area contributed by atoms with Crippen molar-refractivity contribution in [2.24, 2.45) is 0 Å². The number of ether oxygens (including phenoxy) is 3. The van der Waals surface area contributed by atoms with E-state index in [1.54, 1.807) is 69.3 Å². The number of benzene rings is 2. The van der Waals surface area contributed by atoms with Crippen LogP contribution in [0.25, 0.3) is 0 Å². The fraction of sp³-hybridized carbons (Fsp3) is 0.150. The van der Waals surface area contributed by atoms with Crippen LogP contribution in [0.15, 0.2) is 48.5 Å². The molecule has 0 aromatic heterocycles. The monoisotopic (exact) mass is 586 g/mol. The van der Waals surface area contributed by atoms with Crippen molar-refractivity contribution in [2.75, 3.05) is 6.79 Å². The van der Waals surface area contributed by atoms with Gasteiger partial charge in [0.25, 0.3) is 0 Å². The summed E-state index contributed by atoms with van der Waals surface area (Å²) in [5, 5.41) is 9.23. The van der Waals surface area contributed by atoms with E-state index in [0.717, 1.165) is 0 Å². The number of aromatic hydroxyl groups is 1. The van der Waals surface area contributed by atoms with Crippen LogP contribution in [0.2, 0.25) is 0 Å². The maximum atomic E-state index is 9.23. The second kappa shape index (κ2) is 24.8. The van der Waals surface area contributed by atoms with E-state index in [0.29, 0.717) is 17.2 Å². The van der Waals surface area contributed by atoms with Gasteiger partial charge in [-0.25, -0.2) is 0 Å². The summed E-state index contributed by atoms with van der Waals surface area (Å²) in [7, 11) is 0. The maximum absolute atomic E-state index is 9.23. The Morgan fingerprint density at radius 1 is 0.500 bits per heavy atom. The lowest BCUT2D eigenvalue weighted by atomic mass is 10.3. The van der Waals surface area contributed by atoms with Gasteiger partial charge in [0.15, 0.2) is 6.10 Å². The standard InChI is InChI=1S/C24H18O4.C16H6.9H2/c1-3-4-5-6-7-8-9-10-20(2)28-24-17-15-23(16-18-24)27-19-26-22-13-11-21(25)12-14-22;1-3-5-7-9-11-13-15-16-14-12-10-8-6-4-2;;;;;;;;;/h11-18,20,25H,19H2,1-2H3;1-2H3;9*1H. The molecule has 0 aliphatic heterocycles. The van der Waals surface area contributed by atoms with Crippen LogP contribution in [0.5, 0.6) is 23.0 Å². The molecule has 1 unspecified atom stereocenters. The molecule has 1 N–H and O–H groups in total. The highest BCUT2D eigenvalue weighted by Gasteiger charge is 2.01. The third-order valence-electron chi connectivity index (χ3n) is 4.07. The summed E-state index contributed by atoms with van der Waals surface area (Å²) in [6.07, 6.45) is -0.317. The Bertz CT molecular complexity index is 1930. The predicted molar refractivity (Wildman–Crippen MR) is 192 cm³/mol. The van der Waals surface area contributed by atoms with Gasteiger partial charge in [-0.1, -0.05) is 17.8 Å². The molecule has 0 spiro atoms. The van der Waals surface area contributed by atoms with Gasteiger partial charge < -0.3 is 19.3 Å². The Morgan fingerprint density at radius 3 is 1.20 bits per heavy atom. The molecule has 0 fully saturated rings. The quantitative estimate of drug-likeness (QED) is 0.296. The first-order chi connectivity index (χ1) is 21.6. The highest BCUT2D eigenvalue weighted by atomic mass is 16.7. The van der Waals surface area contributed by atoms with Crippen LogP contribution < -0.4 is 14.2 Å². The third kappa shape index (κ3) is 19.8. The first kappa shape index (κ1) is 34.8. The summed E-state index contributed by atoms with van der Waals surface area (Å²) >= 11 is 0. The highest BCUT2D eigenvalue weighted by Crippen LogP contribution is 2.20. The molecule has 0 aliphatic rings. The van der Waals surface area contributed by atoms with Crippen LogP contribution in [-0.4, -0.2) is 18.0 Å². The van der Waals surface area contributed by atoms with Crippen LogP contribution in [0, 0.1) is 130 Å². The number of phenols is 1. The van der Waals surface area contributed by atoms with Crippen LogP contribution in [0.4, 0.5) is 0 Å². The van der Waals surface area contributed by atoms with Crippen LogP contribution in [0.1, 0.15) is 40.5 Å². The van der Waals surface area contributed by atoms with E-state index < -0.39 is 0 Å². The Hall–Kier alpha value is -7.20. The van der Waals surface area contributed by atoms with Crippen molar-refractivity contribution in [2.45, 2.75) is 33.8 Å². The summed E-state index contributed by atoms with van der Waals surface area (Å²) in [5.41, 5.74) is 0. The third-order valence-corrected chi connectivity index (χ3v) is 4.07. The molecule has 4 nitrogen and oxygen atoms in total. The molecule has 2 aromatic rings. The molecule has 0 bridgehead atoms. The number of rotatable bonds is 6. The van der Waals surface area contributed by atoms with E-state index in [4.69, 9.17) is 14.2 Å². The molecule has 44 heavy (non-hydrogen) atoms. The molecule has 0 amide bonds. The lowest BCUT2D eigenvalue weighted by Gasteiger charge is -2.11. The van der Waals surface area contributed by atoms with Gasteiger partial charge in [0.1, 0.15) is 23.0 Å². The van der Waals surface area contributed by atoms with Crippen molar-refractivity contribution in [3.05, 3.63) is 48.5 Å². The maximum Gasteiger partial charge on any atom is 0.230 e. The minimum absolute atomic E-state index is 0. The average molecular weight is 587 g/mol. The second-order valence-corrected chi connectivity index (χ2v) is 7.28. The van der Waals surface area contributed by atoms with Gasteiger partial charge in [0.2, 0.25) is 6.79 Å². The van der Waals surface area contributed by atoms with E-state index in [2.05, 4.69) is 130 Å². The average Bonchev–Trinajstić information content (AvgIpc) is 3.03. The van der Waals surface area contributed by atoms with Gasteiger partial charge in [-0.3, -0.25) is 0 Å². The van der Waals surface area contributed by atoms with Crippen molar-refractivity contribution >= 4 is 0 Å². The normalized spacial score (nSPS) is 7.45. The SMILES string of the molecule is CC#CC#CC#CC#CC#CC#CC#CC.CC#CC#CC#CC#CC(C)Oc1ccc(OCOc2ccc(O)cc2)cc1.[HH].[HH].[HH].[HH].[HH].[HH].[HH].[HH].[HH]. The molecular formula is C40H42O4. The molecule has 0 heterocycles. The molecule has 2 rings (SSSR count). The van der Waals surface area contributed by atoms with Crippen molar-refractivity contribution in [1.29, 1.82) is 0 Å². The zero-order valence-electron chi connectivity index (χ0n) is 24.6. The van der Waals surface area contributed by atoms with Crippen LogP contribution in [0.3, 0.4) is 0 Å². The first-order valence-electron chi connectivity index (χ1n) is 12.7. The fourth-order valence-electron chi connectivity index (χ4n) is 2.32. The molecule has 0 radical (unpaired) electrons. The minimum atomic E-state index is -0.317. The topological polar surface area (TPSA) is 47.9 Å². The Kier molecular flexibility index (Phi) is 19.6. The van der Waals surface area contributed by atoms with Gasteiger partial charge in [0, 0.05) is 12.8 Å². The van der Waals surface area contributed by atoms with Gasteiger partial charge in [-0.15, -0.1) is 0 Å². The zero-order valence-corrected chi connectivity index (χ0v) is 24.6. The Balaban J connectivity index is -0.0000000984. The molecule has 226 valence electrons. The van der Waals surface area contributed by atoms with Crippen molar-refractivity contribution in [3.8, 4) is 153 Å². The van der Waals surface area contributed by atoms with E-state index in [1.165, 1.54) is 0 Å². The van der Waals surface area contributed by atoms with Crippen molar-refractivity contribution in [1.82, 2.24) is 0 Å². The smallest absolute Gasteiger partial charge is 0.230 e. The zero-order chi connectivity index (χ0) is 31.9. The lowest BCUT2D eigenvalue weighted by Crippen LogP contribution is -2.08. The number of hydrogen-bond acceptors (Lipinski definition) is 4. The van der Waals surface area contributed by atoms with Gasteiger partial charge >= 0.3 is 0 Å². The highest BCUT2D eigenvalue weighted by molar-refractivity contribution is 5.45. The van der Waals surface area contributed by atoms with E-state index in [1.807, 2.05) is 6.92 Å². The molecular weight excluding hydrogens is 544 g/mol. The lowest BCUT2D eigenvalue weighted by molar-refractivity contribution is 0.119. The Labute approximate surface area is 274 Å². The molecule has 1 atom stereocenters. The summed E-state index contributed by atoms with van der Waals surface area (Å²) in [5.74, 6) is 58.9. The van der Waals surface area contributed by atoms with Crippen LogP contribution in [-0.2, 0) is 0 Å². The summed E-state index contributed by atoms with van der Waals surface area (Å²) in [6, 6.07) is 13.5. The first-order valence-corrected chi connectivity index (χ1v) is 12.7. The summed E-state index contributed by atoms with van der Waals surface area (Å²) in [6.45, 7) is 7.02.